The van der Waals surface area contributed by atoms with E-state index in [1.54, 1.807) is 29.5 Å². The van der Waals surface area contributed by atoms with Crippen LogP contribution < -0.4 is 0 Å². The largest absolute Gasteiger partial charge is 0.281 e. The van der Waals surface area contributed by atoms with Gasteiger partial charge in [-0.25, -0.2) is 8.42 Å². The van der Waals surface area contributed by atoms with Crippen molar-refractivity contribution in [2.24, 2.45) is 0 Å². The van der Waals surface area contributed by atoms with E-state index in [1.165, 1.54) is 4.88 Å². The number of nitrogens with one attached hydrogen (secondary N) is 1. The van der Waals surface area contributed by atoms with Crippen LogP contribution in [0, 0.1) is 13.8 Å². The van der Waals surface area contributed by atoms with Crippen molar-refractivity contribution >= 4 is 21.4 Å². The zero-order valence-corrected chi connectivity index (χ0v) is 14.0. The highest BCUT2D eigenvalue weighted by Crippen LogP contribution is 2.39. The number of H-pyrrole nitrogens is 1. The Kier molecular flexibility index (Phi) is 3.67. The molecule has 0 aromatic carbocycles. The maximum Gasteiger partial charge on any atom is 0.247 e. The number of fused-ring (bicyclic) bond motifs is 1. The Bertz CT molecular complexity index is 742. The first-order valence-electron chi connectivity index (χ1n) is 7.06. The monoisotopic (exact) mass is 325 g/mol. The highest BCUT2D eigenvalue weighted by Gasteiger charge is 2.38. The fourth-order valence-electron chi connectivity index (χ4n) is 3.12. The number of aromatic amines is 1. The molecule has 21 heavy (non-hydrogen) atoms. The molecule has 0 bridgehead atoms. The lowest BCUT2D eigenvalue weighted by Gasteiger charge is -2.34. The summed E-state index contributed by atoms with van der Waals surface area (Å²) >= 11 is 1.72. The van der Waals surface area contributed by atoms with Crippen LogP contribution in [0.4, 0.5) is 0 Å². The van der Waals surface area contributed by atoms with E-state index < -0.39 is 10.0 Å². The summed E-state index contributed by atoms with van der Waals surface area (Å²) in [5.74, 6) is 0. The molecule has 0 saturated heterocycles. The molecule has 5 nitrogen and oxygen atoms in total. The van der Waals surface area contributed by atoms with Crippen LogP contribution in [0.3, 0.4) is 0 Å². The second kappa shape index (κ2) is 5.23. The first-order chi connectivity index (χ1) is 9.96. The van der Waals surface area contributed by atoms with Gasteiger partial charge in [0.2, 0.25) is 10.0 Å². The predicted molar refractivity (Wildman–Crippen MR) is 83.0 cm³/mol. The van der Waals surface area contributed by atoms with Gasteiger partial charge in [-0.05, 0) is 43.7 Å². The number of rotatable bonds is 3. The molecule has 0 spiro atoms. The van der Waals surface area contributed by atoms with Gasteiger partial charge in [0.05, 0.1) is 17.4 Å². The van der Waals surface area contributed by atoms with Crippen LogP contribution in [0.2, 0.25) is 0 Å². The van der Waals surface area contributed by atoms with Crippen LogP contribution >= 0.6 is 11.3 Å². The highest BCUT2D eigenvalue weighted by atomic mass is 32.2. The van der Waals surface area contributed by atoms with Crippen molar-refractivity contribution in [3.63, 3.8) is 0 Å². The molecule has 0 fully saturated rings. The Balaban J connectivity index is 2.08. The Morgan fingerprint density at radius 3 is 2.86 bits per heavy atom. The van der Waals surface area contributed by atoms with E-state index in [4.69, 9.17) is 0 Å². The van der Waals surface area contributed by atoms with E-state index in [0.29, 0.717) is 22.8 Å². The van der Waals surface area contributed by atoms with E-state index in [2.05, 4.69) is 21.6 Å². The molecular weight excluding hydrogens is 306 g/mol. The normalized spacial score (nSPS) is 19.7. The van der Waals surface area contributed by atoms with Gasteiger partial charge in [-0.15, -0.1) is 11.3 Å². The maximum absolute atomic E-state index is 13.1. The van der Waals surface area contributed by atoms with Crippen LogP contribution in [-0.4, -0.2) is 29.5 Å². The third kappa shape index (κ3) is 2.23. The molecule has 1 aliphatic heterocycles. The lowest BCUT2D eigenvalue weighted by Crippen LogP contribution is -2.39. The number of thiophene rings is 1. The molecule has 0 radical (unpaired) electrons. The van der Waals surface area contributed by atoms with Gasteiger partial charge in [-0.2, -0.15) is 9.40 Å². The first kappa shape index (κ1) is 14.7. The first-order valence-corrected chi connectivity index (χ1v) is 9.38. The molecule has 0 aliphatic carbocycles. The fourth-order valence-corrected chi connectivity index (χ4v) is 6.07. The number of aryl methyl sites for hydroxylation is 2. The van der Waals surface area contributed by atoms with E-state index >= 15 is 0 Å². The summed E-state index contributed by atoms with van der Waals surface area (Å²) in [6, 6.07) is 1.99. The van der Waals surface area contributed by atoms with Gasteiger partial charge in [0.1, 0.15) is 4.90 Å². The predicted octanol–water partition coefficient (Wildman–Crippen LogP) is 2.79. The summed E-state index contributed by atoms with van der Waals surface area (Å²) in [5, 5.41) is 8.86. The topological polar surface area (TPSA) is 66.1 Å². The van der Waals surface area contributed by atoms with Gasteiger partial charge < -0.3 is 0 Å². The van der Waals surface area contributed by atoms with Gasteiger partial charge >= 0.3 is 0 Å². The third-order valence-corrected chi connectivity index (χ3v) is 7.23. The van der Waals surface area contributed by atoms with Crippen molar-refractivity contribution in [1.29, 1.82) is 0 Å². The zero-order chi connectivity index (χ0) is 15.2. The van der Waals surface area contributed by atoms with Crippen LogP contribution in [0.15, 0.2) is 16.3 Å². The van der Waals surface area contributed by atoms with Crippen LogP contribution in [0.5, 0.6) is 0 Å². The van der Waals surface area contributed by atoms with Crippen LogP contribution in [0.1, 0.15) is 41.2 Å². The fraction of sp³-hybridized carbons (Fsp3) is 0.500. The molecule has 1 atom stereocenters. The Hall–Kier alpha value is -1.18. The number of nitrogens with zero attached hydrogens (tertiary/aromatic N) is 2. The van der Waals surface area contributed by atoms with Gasteiger partial charge in [-0.1, -0.05) is 6.92 Å². The molecule has 3 heterocycles. The van der Waals surface area contributed by atoms with Crippen molar-refractivity contribution < 1.29 is 8.42 Å². The lowest BCUT2D eigenvalue weighted by molar-refractivity contribution is 0.303. The second-order valence-corrected chi connectivity index (χ2v) is 8.18. The van der Waals surface area contributed by atoms with E-state index in [0.717, 1.165) is 18.4 Å². The summed E-state index contributed by atoms with van der Waals surface area (Å²) in [7, 11) is -3.52. The van der Waals surface area contributed by atoms with E-state index in [1.807, 2.05) is 6.92 Å². The Morgan fingerprint density at radius 1 is 1.48 bits per heavy atom. The number of sulfonamides is 1. The van der Waals surface area contributed by atoms with E-state index in [-0.39, 0.29) is 6.04 Å². The summed E-state index contributed by atoms with van der Waals surface area (Å²) in [6.45, 7) is 6.07. The number of hydrogen-bond acceptors (Lipinski definition) is 4. The van der Waals surface area contributed by atoms with Crippen molar-refractivity contribution in [3.05, 3.63) is 33.3 Å². The van der Waals surface area contributed by atoms with Crippen molar-refractivity contribution in [3.8, 4) is 0 Å². The molecule has 1 unspecified atom stereocenters. The molecule has 0 saturated carbocycles. The SMILES string of the molecule is CCC1c2ccsc2CCN1S(=O)(=O)c1c(C)n[nH]c1C. The molecule has 2 aromatic heterocycles. The summed E-state index contributed by atoms with van der Waals surface area (Å²) < 4.78 is 27.8. The Morgan fingerprint density at radius 2 is 2.24 bits per heavy atom. The average molecular weight is 325 g/mol. The van der Waals surface area contributed by atoms with Crippen LogP contribution in [0.25, 0.3) is 0 Å². The highest BCUT2D eigenvalue weighted by molar-refractivity contribution is 7.89. The number of hydrogen-bond donors (Lipinski definition) is 1. The molecular formula is C14H19N3O2S2. The summed E-state index contributed by atoms with van der Waals surface area (Å²) in [4.78, 5) is 1.65. The number of aromatic nitrogens is 2. The van der Waals surface area contributed by atoms with Crippen molar-refractivity contribution in [2.75, 3.05) is 6.54 Å². The maximum atomic E-state index is 13.1. The van der Waals surface area contributed by atoms with Crippen molar-refractivity contribution in [1.82, 2.24) is 14.5 Å². The molecule has 0 amide bonds. The van der Waals surface area contributed by atoms with Gasteiger partial charge in [0.25, 0.3) is 0 Å². The minimum Gasteiger partial charge on any atom is -0.281 e. The third-order valence-electron chi connectivity index (χ3n) is 4.06. The molecule has 1 aliphatic rings. The second-order valence-electron chi connectivity index (χ2n) is 5.35. The summed E-state index contributed by atoms with van der Waals surface area (Å²) in [6.07, 6.45) is 1.57. The average Bonchev–Trinajstić information content (AvgIpc) is 3.04. The smallest absolute Gasteiger partial charge is 0.247 e. The minimum atomic E-state index is -3.52. The molecule has 2 aromatic rings. The lowest BCUT2D eigenvalue weighted by atomic mass is 10.0. The molecule has 1 N–H and O–H groups in total. The Labute approximate surface area is 129 Å². The molecule has 3 rings (SSSR count). The molecule has 7 heteroatoms. The van der Waals surface area contributed by atoms with Gasteiger partial charge in [-0.3, -0.25) is 5.10 Å². The van der Waals surface area contributed by atoms with Crippen LogP contribution in [-0.2, 0) is 16.4 Å². The van der Waals surface area contributed by atoms with Gasteiger partial charge in [0, 0.05) is 11.4 Å². The van der Waals surface area contributed by atoms with Gasteiger partial charge in [0.15, 0.2) is 0 Å². The van der Waals surface area contributed by atoms with E-state index in [9.17, 15) is 8.42 Å². The zero-order valence-electron chi connectivity index (χ0n) is 12.4. The quantitative estimate of drug-likeness (QED) is 0.943. The standard InChI is InChI=1S/C14H19N3O2S2/c1-4-12-11-6-8-20-13(11)5-7-17(12)21(18,19)14-9(2)15-16-10(14)3/h6,8,12H,4-5,7H2,1-3H3,(H,15,16). The minimum absolute atomic E-state index is 0.0706. The summed E-state index contributed by atoms with van der Waals surface area (Å²) in [5.41, 5.74) is 2.31. The molecule has 114 valence electrons. The van der Waals surface area contributed by atoms with Crippen molar-refractivity contribution in [2.45, 2.75) is 44.6 Å².